The van der Waals surface area contributed by atoms with Crippen molar-refractivity contribution in [2.45, 2.75) is 6.54 Å². The molecule has 0 unspecified atom stereocenters. The lowest BCUT2D eigenvalue weighted by molar-refractivity contribution is 0.720. The van der Waals surface area contributed by atoms with Gasteiger partial charge in [0.05, 0.1) is 17.6 Å². The van der Waals surface area contributed by atoms with Gasteiger partial charge in [0.1, 0.15) is 17.0 Å². The predicted octanol–water partition coefficient (Wildman–Crippen LogP) is 2.04. The smallest absolute Gasteiger partial charge is 0.138 e. The van der Waals surface area contributed by atoms with E-state index in [9.17, 15) is 0 Å². The maximum Gasteiger partial charge on any atom is 0.138 e. The fraction of sp³-hybridized carbons (Fsp3) is 0.182. The molecule has 3 heterocycles. The van der Waals surface area contributed by atoms with Crippen LogP contribution in [0.4, 0.5) is 5.82 Å². The molecule has 0 atom stereocenters. The van der Waals surface area contributed by atoms with E-state index in [0.717, 1.165) is 21.7 Å². The maximum absolute atomic E-state index is 4.26. The number of aryl methyl sites for hydroxylation is 1. The molecule has 0 amide bonds. The number of rotatable bonds is 3. The third-order valence-electron chi connectivity index (χ3n) is 2.62. The van der Waals surface area contributed by atoms with Gasteiger partial charge in [-0.2, -0.15) is 5.10 Å². The molecule has 1 N–H and O–H groups in total. The van der Waals surface area contributed by atoms with Crippen LogP contribution in [0.15, 0.2) is 30.0 Å². The zero-order chi connectivity index (χ0) is 11.7. The molecule has 0 aliphatic rings. The van der Waals surface area contributed by atoms with E-state index in [1.165, 1.54) is 0 Å². The third kappa shape index (κ3) is 1.87. The molecule has 0 aliphatic carbocycles. The fourth-order valence-electron chi connectivity index (χ4n) is 1.68. The number of aromatic nitrogens is 4. The highest BCUT2D eigenvalue weighted by Crippen LogP contribution is 2.23. The summed E-state index contributed by atoms with van der Waals surface area (Å²) >= 11 is 1.62. The highest BCUT2D eigenvalue weighted by molar-refractivity contribution is 7.16. The maximum atomic E-state index is 4.26. The molecule has 0 aromatic carbocycles. The van der Waals surface area contributed by atoms with Gasteiger partial charge in [0.15, 0.2) is 0 Å². The van der Waals surface area contributed by atoms with E-state index in [1.807, 2.05) is 29.2 Å². The normalized spacial score (nSPS) is 10.9. The van der Waals surface area contributed by atoms with Gasteiger partial charge in [-0.3, -0.25) is 4.68 Å². The molecule has 0 aliphatic heterocycles. The minimum atomic E-state index is 0.707. The molecule has 3 aromatic rings. The predicted molar refractivity (Wildman–Crippen MR) is 67.9 cm³/mol. The number of anilines is 1. The minimum absolute atomic E-state index is 0.707. The van der Waals surface area contributed by atoms with Crippen LogP contribution in [0.5, 0.6) is 0 Å². The number of fused-ring (bicyclic) bond motifs is 1. The Morgan fingerprint density at radius 3 is 3.12 bits per heavy atom. The van der Waals surface area contributed by atoms with Crippen molar-refractivity contribution in [3.8, 4) is 0 Å². The Labute approximate surface area is 102 Å². The van der Waals surface area contributed by atoms with Crippen molar-refractivity contribution in [1.82, 2.24) is 19.7 Å². The van der Waals surface area contributed by atoms with E-state index in [1.54, 1.807) is 23.9 Å². The van der Waals surface area contributed by atoms with Gasteiger partial charge in [-0.25, -0.2) is 9.97 Å². The minimum Gasteiger partial charge on any atom is -0.364 e. The highest BCUT2D eigenvalue weighted by atomic mass is 32.1. The quantitative estimate of drug-likeness (QED) is 0.767. The Hall–Kier alpha value is -1.95. The first-order valence-electron chi connectivity index (χ1n) is 5.23. The standard InChI is InChI=1S/C11H11N5S/c1-16-8(2-4-15-16)6-12-10-9-3-5-17-11(9)14-7-13-10/h2-5,7H,6H2,1H3,(H,12,13,14). The van der Waals surface area contributed by atoms with Crippen molar-refractivity contribution in [3.63, 3.8) is 0 Å². The lowest BCUT2D eigenvalue weighted by Gasteiger charge is -2.06. The summed E-state index contributed by atoms with van der Waals surface area (Å²) in [5, 5.41) is 10.5. The molecule has 5 nitrogen and oxygen atoms in total. The third-order valence-corrected chi connectivity index (χ3v) is 3.44. The molecule has 0 saturated heterocycles. The Morgan fingerprint density at radius 1 is 1.35 bits per heavy atom. The van der Waals surface area contributed by atoms with Crippen molar-refractivity contribution in [2.75, 3.05) is 5.32 Å². The second-order valence-corrected chi connectivity index (χ2v) is 4.56. The summed E-state index contributed by atoms with van der Waals surface area (Å²) in [5.74, 6) is 0.873. The van der Waals surface area contributed by atoms with Crippen molar-refractivity contribution in [3.05, 3.63) is 35.7 Å². The molecule has 0 radical (unpaired) electrons. The second-order valence-electron chi connectivity index (χ2n) is 3.66. The highest BCUT2D eigenvalue weighted by Gasteiger charge is 2.05. The number of nitrogens with zero attached hydrogens (tertiary/aromatic N) is 4. The molecule has 0 fully saturated rings. The van der Waals surface area contributed by atoms with E-state index >= 15 is 0 Å². The Balaban J connectivity index is 1.86. The summed E-state index contributed by atoms with van der Waals surface area (Å²) in [6, 6.07) is 4.02. The summed E-state index contributed by atoms with van der Waals surface area (Å²) in [6.45, 7) is 0.707. The Kier molecular flexibility index (Phi) is 2.49. The topological polar surface area (TPSA) is 55.6 Å². The molecule has 0 saturated carbocycles. The Morgan fingerprint density at radius 2 is 2.29 bits per heavy atom. The summed E-state index contributed by atoms with van der Waals surface area (Å²) in [6.07, 6.45) is 3.38. The van der Waals surface area contributed by atoms with Crippen LogP contribution in [-0.4, -0.2) is 19.7 Å². The molecule has 6 heteroatoms. The molecule has 3 aromatic heterocycles. The first-order valence-corrected chi connectivity index (χ1v) is 6.11. The van der Waals surface area contributed by atoms with Crippen LogP contribution in [-0.2, 0) is 13.6 Å². The van der Waals surface area contributed by atoms with Crippen molar-refractivity contribution < 1.29 is 0 Å². The van der Waals surface area contributed by atoms with Crippen LogP contribution in [0.1, 0.15) is 5.69 Å². The van der Waals surface area contributed by atoms with Crippen LogP contribution < -0.4 is 5.32 Å². The van der Waals surface area contributed by atoms with Crippen LogP contribution in [0.25, 0.3) is 10.2 Å². The van der Waals surface area contributed by atoms with E-state index in [2.05, 4.69) is 20.4 Å². The monoisotopic (exact) mass is 245 g/mol. The largest absolute Gasteiger partial charge is 0.364 e. The average Bonchev–Trinajstić information content (AvgIpc) is 2.95. The molecule has 86 valence electrons. The van der Waals surface area contributed by atoms with Crippen molar-refractivity contribution in [1.29, 1.82) is 0 Å². The van der Waals surface area contributed by atoms with Crippen LogP contribution in [0, 0.1) is 0 Å². The second kappa shape index (κ2) is 4.14. The summed E-state index contributed by atoms with van der Waals surface area (Å²) in [7, 11) is 1.93. The van der Waals surface area contributed by atoms with Crippen molar-refractivity contribution >= 4 is 27.4 Å². The van der Waals surface area contributed by atoms with Gasteiger partial charge in [-0.15, -0.1) is 11.3 Å². The summed E-state index contributed by atoms with van der Waals surface area (Å²) < 4.78 is 1.85. The lowest BCUT2D eigenvalue weighted by Crippen LogP contribution is -2.06. The molecular formula is C11H11N5S. The molecular weight excluding hydrogens is 234 g/mol. The van der Waals surface area contributed by atoms with Gasteiger partial charge in [0, 0.05) is 13.2 Å². The van der Waals surface area contributed by atoms with Crippen LogP contribution >= 0.6 is 11.3 Å². The fourth-order valence-corrected chi connectivity index (χ4v) is 2.41. The number of thiophene rings is 1. The zero-order valence-corrected chi connectivity index (χ0v) is 10.1. The number of hydrogen-bond donors (Lipinski definition) is 1. The first kappa shape index (κ1) is 10.2. The van der Waals surface area contributed by atoms with Gasteiger partial charge in [0.25, 0.3) is 0 Å². The van der Waals surface area contributed by atoms with Gasteiger partial charge < -0.3 is 5.32 Å². The van der Waals surface area contributed by atoms with E-state index in [0.29, 0.717) is 6.54 Å². The molecule has 0 spiro atoms. The van der Waals surface area contributed by atoms with Gasteiger partial charge in [-0.1, -0.05) is 0 Å². The van der Waals surface area contributed by atoms with E-state index < -0.39 is 0 Å². The molecule has 17 heavy (non-hydrogen) atoms. The Bertz CT molecular complexity index is 642. The summed E-state index contributed by atoms with van der Waals surface area (Å²) in [5.41, 5.74) is 1.12. The van der Waals surface area contributed by atoms with Gasteiger partial charge in [0.2, 0.25) is 0 Å². The van der Waals surface area contributed by atoms with Crippen LogP contribution in [0.2, 0.25) is 0 Å². The molecule has 3 rings (SSSR count). The first-order chi connectivity index (χ1) is 8.34. The summed E-state index contributed by atoms with van der Waals surface area (Å²) in [4.78, 5) is 9.48. The van der Waals surface area contributed by atoms with E-state index in [4.69, 9.17) is 0 Å². The average molecular weight is 245 g/mol. The lowest BCUT2D eigenvalue weighted by atomic mass is 10.3. The number of nitrogens with one attached hydrogen (secondary N) is 1. The van der Waals surface area contributed by atoms with Gasteiger partial charge in [-0.05, 0) is 17.5 Å². The van der Waals surface area contributed by atoms with Gasteiger partial charge >= 0.3 is 0 Å². The number of hydrogen-bond acceptors (Lipinski definition) is 5. The van der Waals surface area contributed by atoms with E-state index in [-0.39, 0.29) is 0 Å². The molecule has 0 bridgehead atoms. The zero-order valence-electron chi connectivity index (χ0n) is 9.29. The SMILES string of the molecule is Cn1nccc1CNc1ncnc2sccc12. The van der Waals surface area contributed by atoms with Crippen molar-refractivity contribution in [2.24, 2.45) is 7.05 Å². The van der Waals surface area contributed by atoms with Crippen LogP contribution in [0.3, 0.4) is 0 Å².